The van der Waals surface area contributed by atoms with Crippen molar-refractivity contribution >= 4 is 5.97 Å². The van der Waals surface area contributed by atoms with Gasteiger partial charge >= 0.3 is 5.97 Å². The van der Waals surface area contributed by atoms with Crippen molar-refractivity contribution in [1.82, 2.24) is 0 Å². The molecule has 2 atom stereocenters. The number of esters is 1. The third kappa shape index (κ3) is 3.88. The molecule has 21 heavy (non-hydrogen) atoms. The Bertz CT molecular complexity index is 474. The van der Waals surface area contributed by atoms with Crippen LogP contribution in [0.2, 0.25) is 0 Å². The van der Waals surface area contributed by atoms with E-state index < -0.39 is 5.54 Å². The largest absolute Gasteiger partial charge is 0.494 e. The van der Waals surface area contributed by atoms with Gasteiger partial charge in [-0.05, 0) is 50.5 Å². The summed E-state index contributed by atoms with van der Waals surface area (Å²) in [5, 5.41) is 0. The summed E-state index contributed by atoms with van der Waals surface area (Å²) in [6.07, 6.45) is 2.80. The van der Waals surface area contributed by atoms with Gasteiger partial charge in [-0.3, -0.25) is 4.79 Å². The maximum atomic E-state index is 11.8. The van der Waals surface area contributed by atoms with Gasteiger partial charge in [0.2, 0.25) is 0 Å². The molecule has 0 heterocycles. The number of carbonyl (C=O) groups is 1. The first kappa shape index (κ1) is 15.6. The second-order valence-corrected chi connectivity index (χ2v) is 5.39. The van der Waals surface area contributed by atoms with E-state index in [1.54, 1.807) is 0 Å². The first-order valence-corrected chi connectivity index (χ1v) is 7.34. The highest BCUT2D eigenvalue weighted by Gasteiger charge is 2.41. The summed E-state index contributed by atoms with van der Waals surface area (Å²) in [7, 11) is 1.37. The molecular weight excluding hydrogens is 270 g/mol. The molecule has 0 spiro atoms. The molecule has 0 amide bonds. The molecular formula is C16H23NO4. The highest BCUT2D eigenvalue weighted by Crippen LogP contribution is 2.30. The van der Waals surface area contributed by atoms with Crippen molar-refractivity contribution in [3.63, 3.8) is 0 Å². The molecule has 0 radical (unpaired) electrons. The maximum Gasteiger partial charge on any atom is 0.325 e. The van der Waals surface area contributed by atoms with E-state index in [-0.39, 0.29) is 12.1 Å². The molecule has 2 rings (SSSR count). The summed E-state index contributed by atoms with van der Waals surface area (Å²) >= 11 is 0. The Kier molecular flexibility index (Phi) is 5.07. The minimum absolute atomic E-state index is 0.0687. The van der Waals surface area contributed by atoms with Crippen LogP contribution in [-0.2, 0) is 9.53 Å². The normalized spacial score (nSPS) is 25.2. The van der Waals surface area contributed by atoms with Gasteiger partial charge in [-0.25, -0.2) is 0 Å². The zero-order chi connectivity index (χ0) is 15.3. The van der Waals surface area contributed by atoms with Crippen LogP contribution >= 0.6 is 0 Å². The summed E-state index contributed by atoms with van der Waals surface area (Å²) in [6, 6.07) is 7.49. The number of hydrogen-bond acceptors (Lipinski definition) is 5. The molecule has 1 aliphatic carbocycles. The van der Waals surface area contributed by atoms with E-state index in [1.165, 1.54) is 7.11 Å². The van der Waals surface area contributed by atoms with E-state index in [1.807, 2.05) is 31.2 Å². The molecule has 2 unspecified atom stereocenters. The van der Waals surface area contributed by atoms with E-state index in [0.29, 0.717) is 19.4 Å². The summed E-state index contributed by atoms with van der Waals surface area (Å²) in [4.78, 5) is 11.8. The van der Waals surface area contributed by atoms with Gasteiger partial charge < -0.3 is 19.9 Å². The number of rotatable bonds is 5. The van der Waals surface area contributed by atoms with Crippen LogP contribution in [0.4, 0.5) is 0 Å². The Labute approximate surface area is 125 Å². The van der Waals surface area contributed by atoms with Crippen molar-refractivity contribution in [2.75, 3.05) is 13.7 Å². The maximum absolute atomic E-state index is 11.8. The van der Waals surface area contributed by atoms with E-state index in [0.717, 1.165) is 24.3 Å². The molecule has 5 heteroatoms. The summed E-state index contributed by atoms with van der Waals surface area (Å²) in [5.41, 5.74) is 5.22. The highest BCUT2D eigenvalue weighted by atomic mass is 16.5. The van der Waals surface area contributed by atoms with Crippen molar-refractivity contribution < 1.29 is 19.0 Å². The minimum atomic E-state index is -0.928. The Morgan fingerprint density at radius 1 is 1.33 bits per heavy atom. The molecule has 1 aliphatic rings. The van der Waals surface area contributed by atoms with Gasteiger partial charge in [0.05, 0.1) is 13.7 Å². The Morgan fingerprint density at radius 2 is 2.00 bits per heavy atom. The number of carbonyl (C=O) groups excluding carboxylic acids is 1. The summed E-state index contributed by atoms with van der Waals surface area (Å²) in [5.74, 6) is 1.22. The molecule has 1 saturated carbocycles. The standard InChI is InChI=1S/C16H23NO4/c1-3-20-12-6-8-13(9-7-12)21-14-5-4-10-16(17,11-14)15(18)19-2/h6-9,14H,3-5,10-11,17H2,1-2H3. The first-order chi connectivity index (χ1) is 10.1. The number of nitrogens with two attached hydrogens (primary N) is 1. The van der Waals surface area contributed by atoms with Crippen molar-refractivity contribution in [2.24, 2.45) is 5.73 Å². The molecule has 0 saturated heterocycles. The molecule has 1 aromatic carbocycles. The second kappa shape index (κ2) is 6.80. The second-order valence-electron chi connectivity index (χ2n) is 5.39. The van der Waals surface area contributed by atoms with Crippen LogP contribution in [0, 0.1) is 0 Å². The summed E-state index contributed by atoms with van der Waals surface area (Å²) < 4.78 is 16.1. The van der Waals surface area contributed by atoms with Crippen LogP contribution in [0.25, 0.3) is 0 Å². The molecule has 5 nitrogen and oxygen atoms in total. The molecule has 0 bridgehead atoms. The van der Waals surface area contributed by atoms with Crippen LogP contribution in [0.3, 0.4) is 0 Å². The van der Waals surface area contributed by atoms with Gasteiger partial charge in [-0.2, -0.15) is 0 Å². The van der Waals surface area contributed by atoms with Gasteiger partial charge in [0, 0.05) is 6.42 Å². The Balaban J connectivity index is 1.97. The van der Waals surface area contributed by atoms with Crippen LogP contribution in [0.5, 0.6) is 11.5 Å². The molecule has 0 aromatic heterocycles. The van der Waals surface area contributed by atoms with Crippen LogP contribution in [-0.4, -0.2) is 31.3 Å². The van der Waals surface area contributed by atoms with Gasteiger partial charge in [-0.15, -0.1) is 0 Å². The number of methoxy groups -OCH3 is 1. The van der Waals surface area contributed by atoms with E-state index in [9.17, 15) is 4.79 Å². The summed E-state index contributed by atoms with van der Waals surface area (Å²) in [6.45, 7) is 2.58. The molecule has 1 aromatic rings. The lowest BCUT2D eigenvalue weighted by Crippen LogP contribution is -2.53. The smallest absolute Gasteiger partial charge is 0.325 e. The fraction of sp³-hybridized carbons (Fsp3) is 0.562. The molecule has 2 N–H and O–H groups in total. The molecule has 116 valence electrons. The van der Waals surface area contributed by atoms with Gasteiger partial charge in [0.1, 0.15) is 23.1 Å². The van der Waals surface area contributed by atoms with Crippen molar-refractivity contribution in [3.8, 4) is 11.5 Å². The average Bonchev–Trinajstić information content (AvgIpc) is 2.49. The van der Waals surface area contributed by atoms with Crippen LogP contribution in [0.15, 0.2) is 24.3 Å². The van der Waals surface area contributed by atoms with Gasteiger partial charge in [0.15, 0.2) is 0 Å². The van der Waals surface area contributed by atoms with E-state index in [4.69, 9.17) is 19.9 Å². The van der Waals surface area contributed by atoms with E-state index >= 15 is 0 Å². The average molecular weight is 293 g/mol. The third-order valence-corrected chi connectivity index (χ3v) is 3.77. The van der Waals surface area contributed by atoms with Crippen molar-refractivity contribution in [1.29, 1.82) is 0 Å². The predicted molar refractivity (Wildman–Crippen MR) is 79.4 cm³/mol. The van der Waals surface area contributed by atoms with E-state index in [2.05, 4.69) is 0 Å². The van der Waals surface area contributed by atoms with Gasteiger partial charge in [0.25, 0.3) is 0 Å². The topological polar surface area (TPSA) is 70.8 Å². The lowest BCUT2D eigenvalue weighted by Gasteiger charge is -2.35. The van der Waals surface area contributed by atoms with Gasteiger partial charge in [-0.1, -0.05) is 0 Å². The Morgan fingerprint density at radius 3 is 2.62 bits per heavy atom. The quantitative estimate of drug-likeness (QED) is 0.843. The fourth-order valence-corrected chi connectivity index (χ4v) is 2.72. The zero-order valence-corrected chi connectivity index (χ0v) is 12.6. The van der Waals surface area contributed by atoms with Crippen molar-refractivity contribution in [3.05, 3.63) is 24.3 Å². The number of benzene rings is 1. The Hall–Kier alpha value is -1.75. The molecule has 0 aliphatic heterocycles. The zero-order valence-electron chi connectivity index (χ0n) is 12.6. The minimum Gasteiger partial charge on any atom is -0.494 e. The fourth-order valence-electron chi connectivity index (χ4n) is 2.72. The third-order valence-electron chi connectivity index (χ3n) is 3.77. The highest BCUT2D eigenvalue weighted by molar-refractivity contribution is 5.80. The lowest BCUT2D eigenvalue weighted by atomic mass is 9.81. The SMILES string of the molecule is CCOc1ccc(OC2CCCC(N)(C(=O)OC)C2)cc1. The van der Waals surface area contributed by atoms with Crippen LogP contribution < -0.4 is 15.2 Å². The first-order valence-electron chi connectivity index (χ1n) is 7.34. The number of ether oxygens (including phenoxy) is 3. The monoisotopic (exact) mass is 293 g/mol. The van der Waals surface area contributed by atoms with Crippen molar-refractivity contribution in [2.45, 2.75) is 44.2 Å². The predicted octanol–water partition coefficient (Wildman–Crippen LogP) is 2.28. The van der Waals surface area contributed by atoms with Crippen LogP contribution in [0.1, 0.15) is 32.6 Å². The number of hydrogen-bond donors (Lipinski definition) is 1. The molecule has 1 fully saturated rings. The lowest BCUT2D eigenvalue weighted by molar-refractivity contribution is -0.149.